The van der Waals surface area contributed by atoms with Gasteiger partial charge in [-0.25, -0.2) is 8.42 Å². The fraction of sp³-hybridized carbons (Fsp3) is 0.318. The standard InChI is InChI=1S/C22H23ClN2O5S/c1-16-3-6-18(7-4-16)31(27,28)25-10-2-9-24(11-12-25)21(26)8-5-17-13-19(23)22-20(14-17)29-15-30-22/h3-8,13-14H,2,9-12,15H2,1H3/b8-5+. The van der Waals surface area contributed by atoms with Crippen LogP contribution in [0.1, 0.15) is 17.5 Å². The molecule has 2 aliphatic heterocycles. The Balaban J connectivity index is 1.41. The number of sulfonamides is 1. The highest BCUT2D eigenvalue weighted by Crippen LogP contribution is 2.40. The summed E-state index contributed by atoms with van der Waals surface area (Å²) in [6.07, 6.45) is 3.71. The fourth-order valence-electron chi connectivity index (χ4n) is 3.57. The van der Waals surface area contributed by atoms with Gasteiger partial charge >= 0.3 is 0 Å². The van der Waals surface area contributed by atoms with E-state index < -0.39 is 10.0 Å². The van der Waals surface area contributed by atoms with Crippen molar-refractivity contribution >= 4 is 33.6 Å². The van der Waals surface area contributed by atoms with E-state index in [1.807, 2.05) is 6.92 Å². The number of carbonyl (C=O) groups is 1. The summed E-state index contributed by atoms with van der Waals surface area (Å²) in [6, 6.07) is 10.3. The van der Waals surface area contributed by atoms with Crippen LogP contribution in [0.2, 0.25) is 5.02 Å². The van der Waals surface area contributed by atoms with Crippen LogP contribution < -0.4 is 9.47 Å². The number of halogens is 1. The molecule has 164 valence electrons. The number of benzene rings is 2. The van der Waals surface area contributed by atoms with Crippen molar-refractivity contribution in [3.8, 4) is 11.5 Å². The molecule has 0 spiro atoms. The third kappa shape index (κ3) is 4.71. The number of fused-ring (bicyclic) bond motifs is 1. The van der Waals surface area contributed by atoms with E-state index in [2.05, 4.69) is 0 Å². The molecule has 7 nitrogen and oxygen atoms in total. The van der Waals surface area contributed by atoms with Crippen molar-refractivity contribution in [1.29, 1.82) is 0 Å². The van der Waals surface area contributed by atoms with Gasteiger partial charge in [0.2, 0.25) is 22.7 Å². The van der Waals surface area contributed by atoms with E-state index in [-0.39, 0.29) is 24.1 Å². The lowest BCUT2D eigenvalue weighted by molar-refractivity contribution is -0.125. The van der Waals surface area contributed by atoms with Gasteiger partial charge in [0.15, 0.2) is 11.5 Å². The highest BCUT2D eigenvalue weighted by atomic mass is 35.5. The molecule has 0 atom stereocenters. The van der Waals surface area contributed by atoms with E-state index in [0.717, 1.165) is 11.1 Å². The molecule has 1 saturated heterocycles. The average molecular weight is 463 g/mol. The summed E-state index contributed by atoms with van der Waals surface area (Å²) in [4.78, 5) is 14.6. The summed E-state index contributed by atoms with van der Waals surface area (Å²) in [5.74, 6) is 0.877. The molecule has 0 saturated carbocycles. The van der Waals surface area contributed by atoms with Crippen molar-refractivity contribution in [3.63, 3.8) is 0 Å². The van der Waals surface area contributed by atoms with Gasteiger partial charge in [0, 0.05) is 32.3 Å². The number of aryl methyl sites for hydroxylation is 1. The van der Waals surface area contributed by atoms with Crippen molar-refractivity contribution in [1.82, 2.24) is 9.21 Å². The van der Waals surface area contributed by atoms with E-state index in [9.17, 15) is 13.2 Å². The average Bonchev–Trinajstić information content (AvgIpc) is 3.08. The Kier molecular flexibility index (Phi) is 6.22. The first-order valence-corrected chi connectivity index (χ1v) is 11.8. The van der Waals surface area contributed by atoms with Crippen LogP contribution in [0.15, 0.2) is 47.4 Å². The lowest BCUT2D eigenvalue weighted by Gasteiger charge is -2.21. The first-order valence-electron chi connectivity index (χ1n) is 9.97. The Labute approximate surface area is 186 Å². The lowest BCUT2D eigenvalue weighted by Crippen LogP contribution is -2.36. The predicted molar refractivity (Wildman–Crippen MR) is 118 cm³/mol. The predicted octanol–water partition coefficient (Wildman–Crippen LogP) is 3.31. The van der Waals surface area contributed by atoms with Crippen LogP contribution in [0.4, 0.5) is 0 Å². The quantitative estimate of drug-likeness (QED) is 0.651. The summed E-state index contributed by atoms with van der Waals surface area (Å²) in [7, 11) is -3.58. The molecule has 2 aromatic rings. The highest BCUT2D eigenvalue weighted by molar-refractivity contribution is 7.89. The van der Waals surface area contributed by atoms with E-state index in [1.165, 1.54) is 10.4 Å². The molecule has 9 heteroatoms. The second-order valence-electron chi connectivity index (χ2n) is 7.47. The Morgan fingerprint density at radius 3 is 2.61 bits per heavy atom. The maximum atomic E-state index is 12.9. The Morgan fingerprint density at radius 1 is 1.06 bits per heavy atom. The van der Waals surface area contributed by atoms with Crippen molar-refractivity contribution in [3.05, 3.63) is 58.6 Å². The summed E-state index contributed by atoms with van der Waals surface area (Å²) < 4.78 is 38.0. The fourth-order valence-corrected chi connectivity index (χ4v) is 5.31. The third-order valence-corrected chi connectivity index (χ3v) is 7.49. The largest absolute Gasteiger partial charge is 0.454 e. The van der Waals surface area contributed by atoms with Crippen molar-refractivity contribution in [2.75, 3.05) is 33.0 Å². The molecule has 2 aromatic carbocycles. The van der Waals surface area contributed by atoms with Gasteiger partial charge < -0.3 is 14.4 Å². The van der Waals surface area contributed by atoms with Crippen molar-refractivity contribution < 1.29 is 22.7 Å². The minimum atomic E-state index is -3.58. The van der Waals surface area contributed by atoms with Gasteiger partial charge in [-0.1, -0.05) is 29.3 Å². The Hall–Kier alpha value is -2.55. The van der Waals surface area contributed by atoms with Crippen LogP contribution in [-0.4, -0.2) is 56.5 Å². The number of hydrogen-bond acceptors (Lipinski definition) is 5. The van der Waals surface area contributed by atoms with E-state index >= 15 is 0 Å². The van der Waals surface area contributed by atoms with Crippen molar-refractivity contribution in [2.45, 2.75) is 18.2 Å². The number of rotatable bonds is 4. The molecule has 31 heavy (non-hydrogen) atoms. The molecule has 1 amide bonds. The molecule has 0 unspecified atom stereocenters. The number of hydrogen-bond donors (Lipinski definition) is 0. The molecule has 0 N–H and O–H groups in total. The SMILES string of the molecule is Cc1ccc(S(=O)(=O)N2CCCN(C(=O)/C=C/c3cc(Cl)c4c(c3)OCO4)CC2)cc1. The van der Waals surface area contributed by atoms with Crippen LogP contribution in [0.5, 0.6) is 11.5 Å². The smallest absolute Gasteiger partial charge is 0.246 e. The molecular weight excluding hydrogens is 440 g/mol. The zero-order valence-electron chi connectivity index (χ0n) is 17.1. The van der Waals surface area contributed by atoms with E-state index in [0.29, 0.717) is 42.6 Å². The molecule has 4 rings (SSSR count). The normalized spacial score (nSPS) is 17.2. The summed E-state index contributed by atoms with van der Waals surface area (Å²) in [5.41, 5.74) is 1.73. The maximum Gasteiger partial charge on any atom is 0.246 e. The monoisotopic (exact) mass is 462 g/mol. The first kappa shape index (κ1) is 21.7. The van der Waals surface area contributed by atoms with E-state index in [4.69, 9.17) is 21.1 Å². The number of ether oxygens (including phenoxy) is 2. The van der Waals surface area contributed by atoms with E-state index in [1.54, 1.807) is 47.4 Å². The minimum Gasteiger partial charge on any atom is -0.454 e. The van der Waals surface area contributed by atoms with Crippen LogP contribution in [0, 0.1) is 6.92 Å². The second kappa shape index (κ2) is 8.90. The third-order valence-electron chi connectivity index (χ3n) is 5.29. The molecule has 0 aliphatic carbocycles. The van der Waals surface area contributed by atoms with Crippen LogP contribution >= 0.6 is 11.6 Å². The summed E-state index contributed by atoms with van der Waals surface area (Å²) in [5, 5.41) is 0.425. The molecular formula is C22H23ClN2O5S. The van der Waals surface area contributed by atoms with Gasteiger partial charge in [0.25, 0.3) is 0 Å². The topological polar surface area (TPSA) is 76.2 Å². The summed E-state index contributed by atoms with van der Waals surface area (Å²) >= 11 is 6.18. The number of carbonyl (C=O) groups excluding carboxylic acids is 1. The second-order valence-corrected chi connectivity index (χ2v) is 9.81. The number of amides is 1. The molecule has 0 aromatic heterocycles. The molecule has 0 bridgehead atoms. The van der Waals surface area contributed by atoms with Gasteiger partial charge in [-0.15, -0.1) is 0 Å². The van der Waals surface area contributed by atoms with Crippen LogP contribution in [-0.2, 0) is 14.8 Å². The molecule has 2 heterocycles. The van der Waals surface area contributed by atoms with Gasteiger partial charge in [-0.3, -0.25) is 4.79 Å². The summed E-state index contributed by atoms with van der Waals surface area (Å²) in [6.45, 7) is 3.49. The zero-order valence-corrected chi connectivity index (χ0v) is 18.7. The Bertz CT molecular complexity index is 1120. The molecule has 0 radical (unpaired) electrons. The maximum absolute atomic E-state index is 12.9. The highest BCUT2D eigenvalue weighted by Gasteiger charge is 2.27. The number of nitrogens with zero attached hydrogens (tertiary/aromatic N) is 2. The van der Waals surface area contributed by atoms with Gasteiger partial charge in [-0.05, 0) is 49.2 Å². The van der Waals surface area contributed by atoms with Gasteiger partial charge in [0.05, 0.1) is 9.92 Å². The van der Waals surface area contributed by atoms with Crippen molar-refractivity contribution in [2.24, 2.45) is 0 Å². The molecule has 1 fully saturated rings. The van der Waals surface area contributed by atoms with Crippen LogP contribution in [0.3, 0.4) is 0 Å². The first-order chi connectivity index (χ1) is 14.8. The minimum absolute atomic E-state index is 0.122. The van der Waals surface area contributed by atoms with Gasteiger partial charge in [0.1, 0.15) is 0 Å². The lowest BCUT2D eigenvalue weighted by atomic mass is 10.2. The zero-order chi connectivity index (χ0) is 22.0. The molecule has 2 aliphatic rings. The Morgan fingerprint density at radius 2 is 1.84 bits per heavy atom. The van der Waals surface area contributed by atoms with Gasteiger partial charge in [-0.2, -0.15) is 4.31 Å². The van der Waals surface area contributed by atoms with Crippen LogP contribution in [0.25, 0.3) is 6.08 Å².